The number of benzene rings is 1. The van der Waals surface area contributed by atoms with E-state index in [0.717, 1.165) is 12.1 Å². The van der Waals surface area contributed by atoms with Crippen molar-refractivity contribution < 1.29 is 24.9 Å². The Morgan fingerprint density at radius 2 is 1.36 bits per heavy atom. The topological polar surface area (TPSA) is 94.8 Å². The molecule has 0 aliphatic heterocycles. The van der Waals surface area contributed by atoms with Crippen LogP contribution in [0.3, 0.4) is 0 Å². The van der Waals surface area contributed by atoms with Crippen molar-refractivity contribution in [3.8, 4) is 5.75 Å². The number of halogens is 1. The van der Waals surface area contributed by atoms with E-state index in [9.17, 15) is 9.59 Å². The van der Waals surface area contributed by atoms with Gasteiger partial charge in [0, 0.05) is 0 Å². The maximum atomic E-state index is 10.4. The molecule has 76 valence electrons. The van der Waals surface area contributed by atoms with Crippen LogP contribution in [-0.4, -0.2) is 27.3 Å². The Morgan fingerprint density at radius 1 is 1.00 bits per heavy atom. The van der Waals surface area contributed by atoms with Crippen molar-refractivity contribution in [2.24, 2.45) is 0 Å². The molecule has 0 fully saturated rings. The van der Waals surface area contributed by atoms with Crippen LogP contribution in [0, 0.1) is 0 Å². The van der Waals surface area contributed by atoms with Gasteiger partial charge in [0.25, 0.3) is 0 Å². The minimum atomic E-state index is -1.36. The van der Waals surface area contributed by atoms with Gasteiger partial charge in [0.15, 0.2) is 0 Å². The third kappa shape index (κ3) is 2.14. The van der Waals surface area contributed by atoms with Crippen LogP contribution >= 0.6 is 12.4 Å². The monoisotopic (exact) mass is 218 g/mol. The standard InChI is InChI=1S/C8H6O5.ClH/c9-6-4(7(10)11)2-1-3-5(6)8(12)13;/h1-3,9H,(H,10,11)(H,12,13);1H. The molecule has 0 unspecified atom stereocenters. The average molecular weight is 219 g/mol. The van der Waals surface area contributed by atoms with E-state index >= 15 is 0 Å². The maximum absolute atomic E-state index is 10.4. The lowest BCUT2D eigenvalue weighted by Crippen LogP contribution is -2.02. The first-order valence-electron chi connectivity index (χ1n) is 3.32. The summed E-state index contributed by atoms with van der Waals surface area (Å²) in [5.41, 5.74) is -0.834. The van der Waals surface area contributed by atoms with Gasteiger partial charge in [-0.15, -0.1) is 12.4 Å². The predicted molar refractivity (Wildman–Crippen MR) is 49.3 cm³/mol. The van der Waals surface area contributed by atoms with E-state index in [1.165, 1.54) is 6.07 Å². The molecular weight excluding hydrogens is 212 g/mol. The summed E-state index contributed by atoms with van der Waals surface area (Å²) in [4.78, 5) is 20.9. The minimum Gasteiger partial charge on any atom is -0.506 e. The SMILES string of the molecule is Cl.O=C(O)c1cccc(C(=O)O)c1O. The smallest absolute Gasteiger partial charge is 0.339 e. The molecule has 14 heavy (non-hydrogen) atoms. The van der Waals surface area contributed by atoms with E-state index in [1.54, 1.807) is 0 Å². The summed E-state index contributed by atoms with van der Waals surface area (Å²) in [6, 6.07) is 3.51. The van der Waals surface area contributed by atoms with Crippen LogP contribution in [0.5, 0.6) is 5.75 Å². The summed E-state index contributed by atoms with van der Waals surface area (Å²) in [6.45, 7) is 0. The first-order valence-corrected chi connectivity index (χ1v) is 3.32. The lowest BCUT2D eigenvalue weighted by Gasteiger charge is -2.01. The molecule has 1 aromatic carbocycles. The van der Waals surface area contributed by atoms with Crippen molar-refractivity contribution in [1.82, 2.24) is 0 Å². The van der Waals surface area contributed by atoms with Gasteiger partial charge in [0.05, 0.1) is 0 Å². The molecule has 0 spiro atoms. The Labute approximate surface area is 85.0 Å². The molecule has 0 amide bonds. The molecule has 1 aromatic rings. The first kappa shape index (κ1) is 12.2. The molecule has 1 rings (SSSR count). The Balaban J connectivity index is 0.00000169. The molecule has 6 heteroatoms. The fourth-order valence-corrected chi connectivity index (χ4v) is 0.889. The number of phenols is 1. The highest BCUT2D eigenvalue weighted by molar-refractivity contribution is 5.98. The molecular formula is C8H7ClO5. The number of hydrogen-bond acceptors (Lipinski definition) is 3. The minimum absolute atomic E-state index is 0. The zero-order chi connectivity index (χ0) is 10.0. The Kier molecular flexibility index (Phi) is 3.92. The molecule has 0 aliphatic carbocycles. The lowest BCUT2D eigenvalue weighted by atomic mass is 10.1. The fourth-order valence-electron chi connectivity index (χ4n) is 0.889. The highest BCUT2D eigenvalue weighted by Gasteiger charge is 2.16. The normalized spacial score (nSPS) is 8.86. The summed E-state index contributed by atoms with van der Waals surface area (Å²) >= 11 is 0. The molecule has 0 bridgehead atoms. The first-order chi connectivity index (χ1) is 6.04. The number of hydrogen-bond donors (Lipinski definition) is 3. The van der Waals surface area contributed by atoms with Crippen LogP contribution in [0.2, 0.25) is 0 Å². The average Bonchev–Trinajstić information content (AvgIpc) is 2.03. The molecule has 0 saturated heterocycles. The third-order valence-corrected chi connectivity index (χ3v) is 1.50. The summed E-state index contributed by atoms with van der Waals surface area (Å²) in [5, 5.41) is 26.2. The van der Waals surface area contributed by atoms with Crippen molar-refractivity contribution in [2.45, 2.75) is 0 Å². The van der Waals surface area contributed by atoms with Gasteiger partial charge in [-0.3, -0.25) is 0 Å². The number of aromatic hydroxyl groups is 1. The highest BCUT2D eigenvalue weighted by Crippen LogP contribution is 2.21. The summed E-state index contributed by atoms with van der Waals surface area (Å²) in [6.07, 6.45) is 0. The molecule has 3 N–H and O–H groups in total. The second kappa shape index (κ2) is 4.48. The van der Waals surface area contributed by atoms with Gasteiger partial charge in [0.1, 0.15) is 16.9 Å². The summed E-state index contributed by atoms with van der Waals surface area (Å²) < 4.78 is 0. The molecule has 0 heterocycles. The van der Waals surface area contributed by atoms with Gasteiger partial charge in [0.2, 0.25) is 0 Å². The highest BCUT2D eigenvalue weighted by atomic mass is 35.5. The van der Waals surface area contributed by atoms with E-state index < -0.39 is 28.8 Å². The van der Waals surface area contributed by atoms with Crippen LogP contribution in [0.1, 0.15) is 20.7 Å². The maximum Gasteiger partial charge on any atom is 0.339 e. The molecule has 5 nitrogen and oxygen atoms in total. The van der Waals surface area contributed by atoms with Crippen LogP contribution < -0.4 is 0 Å². The van der Waals surface area contributed by atoms with E-state index in [4.69, 9.17) is 15.3 Å². The molecule has 0 radical (unpaired) electrons. The number of para-hydroxylation sites is 1. The zero-order valence-electron chi connectivity index (χ0n) is 6.80. The molecule has 0 atom stereocenters. The van der Waals surface area contributed by atoms with Gasteiger partial charge in [-0.25, -0.2) is 9.59 Å². The van der Waals surface area contributed by atoms with Crippen LogP contribution in [0.25, 0.3) is 0 Å². The Hall–Kier alpha value is -1.75. The number of carboxylic acid groups (broad SMARTS) is 2. The zero-order valence-corrected chi connectivity index (χ0v) is 7.61. The van der Waals surface area contributed by atoms with Crippen LogP contribution in [0.15, 0.2) is 18.2 Å². The molecule has 0 saturated carbocycles. The molecule has 0 aliphatic rings. The second-order valence-electron chi connectivity index (χ2n) is 2.31. The van der Waals surface area contributed by atoms with Gasteiger partial charge in [-0.1, -0.05) is 6.07 Å². The van der Waals surface area contributed by atoms with Crippen molar-refractivity contribution in [2.75, 3.05) is 0 Å². The predicted octanol–water partition coefficient (Wildman–Crippen LogP) is 1.21. The number of carbonyl (C=O) groups is 2. The van der Waals surface area contributed by atoms with Gasteiger partial charge < -0.3 is 15.3 Å². The Morgan fingerprint density at radius 3 is 1.64 bits per heavy atom. The fraction of sp³-hybridized carbons (Fsp3) is 0. The van der Waals surface area contributed by atoms with Crippen LogP contribution in [-0.2, 0) is 0 Å². The van der Waals surface area contributed by atoms with E-state index in [1.807, 2.05) is 0 Å². The van der Waals surface area contributed by atoms with Crippen molar-refractivity contribution in [3.63, 3.8) is 0 Å². The van der Waals surface area contributed by atoms with Gasteiger partial charge in [-0.05, 0) is 12.1 Å². The van der Waals surface area contributed by atoms with Crippen molar-refractivity contribution in [3.05, 3.63) is 29.3 Å². The summed E-state index contributed by atoms with van der Waals surface area (Å²) in [5.74, 6) is -3.44. The van der Waals surface area contributed by atoms with E-state index in [0.29, 0.717) is 0 Å². The van der Waals surface area contributed by atoms with Crippen molar-refractivity contribution >= 4 is 24.3 Å². The van der Waals surface area contributed by atoms with Gasteiger partial charge in [-0.2, -0.15) is 0 Å². The van der Waals surface area contributed by atoms with E-state index in [2.05, 4.69) is 0 Å². The van der Waals surface area contributed by atoms with Crippen LogP contribution in [0.4, 0.5) is 0 Å². The Bertz CT molecular complexity index is 342. The largest absolute Gasteiger partial charge is 0.506 e. The lowest BCUT2D eigenvalue weighted by molar-refractivity contribution is 0.0691. The molecule has 0 aromatic heterocycles. The number of aromatic carboxylic acids is 2. The third-order valence-electron chi connectivity index (χ3n) is 1.50. The number of carboxylic acids is 2. The number of rotatable bonds is 2. The second-order valence-corrected chi connectivity index (χ2v) is 2.31. The van der Waals surface area contributed by atoms with Gasteiger partial charge >= 0.3 is 11.9 Å². The van der Waals surface area contributed by atoms with E-state index in [-0.39, 0.29) is 12.4 Å². The van der Waals surface area contributed by atoms with Crippen molar-refractivity contribution in [1.29, 1.82) is 0 Å². The quantitative estimate of drug-likeness (QED) is 0.694. The summed E-state index contributed by atoms with van der Waals surface area (Å²) in [7, 11) is 0.